The van der Waals surface area contributed by atoms with Crippen molar-refractivity contribution >= 4 is 59.6 Å². The van der Waals surface area contributed by atoms with Gasteiger partial charge >= 0.3 is 0 Å². The minimum Gasteiger partial charge on any atom is -0.357 e. The highest BCUT2D eigenvalue weighted by Gasteiger charge is 2.24. The molecule has 1 aromatic heterocycles. The first-order valence-electron chi connectivity index (χ1n) is 11.2. The molecule has 0 aliphatic rings. The van der Waals surface area contributed by atoms with Crippen LogP contribution >= 0.6 is 47.8 Å². The van der Waals surface area contributed by atoms with Crippen LogP contribution in [0.25, 0.3) is 11.3 Å². The lowest BCUT2D eigenvalue weighted by Crippen LogP contribution is -2.47. The first-order valence-corrected chi connectivity index (χ1v) is 13.6. The summed E-state index contributed by atoms with van der Waals surface area (Å²) >= 11 is 10.4. The number of carbonyl (C=O) groups excluding carboxylic acids is 2. The minimum atomic E-state index is -0.748. The van der Waals surface area contributed by atoms with Crippen LogP contribution in [0.4, 0.5) is 0 Å². The Morgan fingerprint density at radius 3 is 2.14 bits per heavy atom. The second kappa shape index (κ2) is 12.0. The van der Waals surface area contributed by atoms with Crippen LogP contribution in [0.2, 0.25) is 0 Å². The lowest BCUT2D eigenvalue weighted by atomic mass is 10.0. The molecule has 0 unspecified atom stereocenters. The third-order valence-electron chi connectivity index (χ3n) is 5.57. The number of amides is 2. The molecule has 2 N–H and O–H groups in total. The highest BCUT2D eigenvalue weighted by atomic mass is 79.9. The van der Waals surface area contributed by atoms with E-state index >= 15 is 0 Å². The van der Waals surface area contributed by atoms with Crippen LogP contribution < -0.4 is 10.6 Å². The number of hydrogen-bond donors (Lipinski definition) is 2. The molecule has 3 aromatic carbocycles. The second-order valence-electron chi connectivity index (χ2n) is 8.18. The highest BCUT2D eigenvalue weighted by Crippen LogP contribution is 2.23. The summed E-state index contributed by atoms with van der Waals surface area (Å²) in [6.07, 6.45) is 0.351. The fourth-order valence-corrected chi connectivity index (χ4v) is 4.96. The van der Waals surface area contributed by atoms with Gasteiger partial charge < -0.3 is 10.6 Å². The molecule has 1 heterocycles. The number of benzene rings is 3. The molecule has 0 spiro atoms. The Balaban J connectivity index is 1.66. The number of hydrogen-bond acceptors (Lipinski definition) is 3. The van der Waals surface area contributed by atoms with Gasteiger partial charge in [0.05, 0.1) is 12.2 Å². The van der Waals surface area contributed by atoms with E-state index < -0.39 is 6.04 Å². The summed E-state index contributed by atoms with van der Waals surface area (Å²) < 4.78 is 4.49. The molecular weight excluding hydrogens is 652 g/mol. The van der Waals surface area contributed by atoms with Gasteiger partial charge in [-0.3, -0.25) is 14.3 Å². The van der Waals surface area contributed by atoms with Crippen molar-refractivity contribution in [3.8, 4) is 11.3 Å². The summed E-state index contributed by atoms with van der Waals surface area (Å²) in [5.74, 6) is -0.640. The van der Waals surface area contributed by atoms with Gasteiger partial charge in [0.1, 0.15) is 11.7 Å². The normalized spacial score (nSPS) is 11.7. The summed E-state index contributed by atoms with van der Waals surface area (Å²) in [4.78, 5) is 26.2. The lowest BCUT2D eigenvalue weighted by Gasteiger charge is -2.18. The van der Waals surface area contributed by atoms with Crippen molar-refractivity contribution in [3.63, 3.8) is 0 Å². The molecule has 9 heteroatoms. The van der Waals surface area contributed by atoms with Gasteiger partial charge in [0.15, 0.2) is 0 Å². The molecule has 0 aliphatic heterocycles. The quantitative estimate of drug-likeness (QED) is 0.242. The summed E-state index contributed by atoms with van der Waals surface area (Å²) in [7, 11) is 1.56. The molecule has 184 valence electrons. The van der Waals surface area contributed by atoms with Crippen molar-refractivity contribution in [2.45, 2.75) is 19.0 Å². The molecule has 0 bridgehead atoms. The van der Waals surface area contributed by atoms with Crippen molar-refractivity contribution in [1.29, 1.82) is 0 Å². The van der Waals surface area contributed by atoms with Crippen LogP contribution in [0.1, 0.15) is 21.6 Å². The standard InChI is InChI=1S/C27H23Br3N4O2/c1-31-26(35)24(14-17-4-2-6-21(29)12-17)32-27(36)25-15-23(19-8-10-20(28)11-9-19)33-34(25)16-18-5-3-7-22(30)13-18/h2-13,15,24H,14,16H2,1H3,(H,31,35)(H,32,36)/t24-/m0/s1. The summed E-state index contributed by atoms with van der Waals surface area (Å²) in [5, 5.41) is 10.3. The van der Waals surface area contributed by atoms with Crippen LogP contribution in [-0.2, 0) is 17.8 Å². The van der Waals surface area contributed by atoms with E-state index in [1.54, 1.807) is 17.8 Å². The van der Waals surface area contributed by atoms with Gasteiger partial charge in [-0.1, -0.05) is 84.2 Å². The summed E-state index contributed by atoms with van der Waals surface area (Å²) in [5.41, 5.74) is 3.84. The molecule has 36 heavy (non-hydrogen) atoms. The third kappa shape index (κ3) is 6.72. The first kappa shape index (κ1) is 26.3. The number of nitrogens with zero attached hydrogens (tertiary/aromatic N) is 2. The molecule has 6 nitrogen and oxygen atoms in total. The second-order valence-corrected chi connectivity index (χ2v) is 10.9. The third-order valence-corrected chi connectivity index (χ3v) is 7.09. The van der Waals surface area contributed by atoms with Crippen LogP contribution in [0.5, 0.6) is 0 Å². The topological polar surface area (TPSA) is 76.0 Å². The van der Waals surface area contributed by atoms with Crippen molar-refractivity contribution in [2.75, 3.05) is 7.05 Å². The highest BCUT2D eigenvalue weighted by molar-refractivity contribution is 9.11. The van der Waals surface area contributed by atoms with Gasteiger partial charge in [0.2, 0.25) is 5.91 Å². The van der Waals surface area contributed by atoms with Crippen LogP contribution in [0, 0.1) is 0 Å². The minimum absolute atomic E-state index is 0.269. The molecule has 1 atom stereocenters. The number of aromatic nitrogens is 2. The van der Waals surface area contributed by atoms with Crippen LogP contribution in [-0.4, -0.2) is 34.7 Å². The zero-order valence-electron chi connectivity index (χ0n) is 19.3. The Morgan fingerprint density at radius 1 is 0.861 bits per heavy atom. The molecule has 0 saturated heterocycles. The monoisotopic (exact) mass is 672 g/mol. The number of likely N-dealkylation sites (N-methyl/N-ethyl adjacent to an activating group) is 1. The van der Waals surface area contributed by atoms with E-state index in [0.717, 1.165) is 30.1 Å². The smallest absolute Gasteiger partial charge is 0.270 e. The Hall–Kier alpha value is -2.75. The van der Waals surface area contributed by atoms with E-state index in [2.05, 4.69) is 58.4 Å². The van der Waals surface area contributed by atoms with E-state index in [0.29, 0.717) is 24.4 Å². The van der Waals surface area contributed by atoms with E-state index in [1.165, 1.54) is 0 Å². The number of nitrogens with one attached hydrogen (secondary N) is 2. The molecule has 0 radical (unpaired) electrons. The molecule has 0 aliphatic carbocycles. The van der Waals surface area contributed by atoms with Gasteiger partial charge in [-0.05, 0) is 53.6 Å². The Labute approximate surface area is 234 Å². The maximum atomic E-state index is 13.5. The average molecular weight is 675 g/mol. The molecule has 0 saturated carbocycles. The van der Waals surface area contributed by atoms with E-state index in [-0.39, 0.29) is 11.8 Å². The van der Waals surface area contributed by atoms with Gasteiger partial charge in [-0.2, -0.15) is 5.10 Å². The van der Waals surface area contributed by atoms with Crippen molar-refractivity contribution in [1.82, 2.24) is 20.4 Å². The average Bonchev–Trinajstić information content (AvgIpc) is 3.27. The first-order chi connectivity index (χ1) is 17.3. The molecule has 4 aromatic rings. The maximum absolute atomic E-state index is 13.5. The van der Waals surface area contributed by atoms with Crippen LogP contribution in [0.15, 0.2) is 92.3 Å². The largest absolute Gasteiger partial charge is 0.357 e. The fraction of sp³-hybridized carbons (Fsp3) is 0.148. The molecule has 4 rings (SSSR count). The van der Waals surface area contributed by atoms with Crippen molar-refractivity contribution < 1.29 is 9.59 Å². The van der Waals surface area contributed by atoms with Crippen molar-refractivity contribution in [2.24, 2.45) is 0 Å². The summed E-state index contributed by atoms with van der Waals surface area (Å²) in [6.45, 7) is 0.398. The van der Waals surface area contributed by atoms with Crippen molar-refractivity contribution in [3.05, 3.63) is 109 Å². The van der Waals surface area contributed by atoms with Gasteiger partial charge in [-0.25, -0.2) is 0 Å². The Bertz CT molecular complexity index is 1390. The lowest BCUT2D eigenvalue weighted by molar-refractivity contribution is -0.122. The Morgan fingerprint density at radius 2 is 1.50 bits per heavy atom. The molecule has 0 fully saturated rings. The number of carbonyl (C=O) groups is 2. The maximum Gasteiger partial charge on any atom is 0.270 e. The van der Waals surface area contributed by atoms with Gasteiger partial charge in [0, 0.05) is 32.5 Å². The van der Waals surface area contributed by atoms with Gasteiger partial charge in [-0.15, -0.1) is 0 Å². The molecular formula is C27H23Br3N4O2. The fourth-order valence-electron chi connectivity index (χ4n) is 3.81. The predicted octanol–water partition coefficient (Wildman–Crippen LogP) is 5.97. The zero-order chi connectivity index (χ0) is 25.7. The Kier molecular flexibility index (Phi) is 8.77. The SMILES string of the molecule is CNC(=O)[C@H](Cc1cccc(Br)c1)NC(=O)c1cc(-c2ccc(Br)cc2)nn1Cc1cccc(Br)c1. The zero-order valence-corrected chi connectivity index (χ0v) is 24.1. The van der Waals surface area contributed by atoms with E-state index in [4.69, 9.17) is 5.10 Å². The predicted molar refractivity (Wildman–Crippen MR) is 152 cm³/mol. The summed E-state index contributed by atoms with van der Waals surface area (Å²) in [6, 6.07) is 24.3. The van der Waals surface area contributed by atoms with E-state index in [1.807, 2.05) is 72.8 Å². The molecule has 2 amide bonds. The van der Waals surface area contributed by atoms with Crippen LogP contribution in [0.3, 0.4) is 0 Å². The number of halogens is 3. The van der Waals surface area contributed by atoms with Gasteiger partial charge in [0.25, 0.3) is 5.91 Å². The number of rotatable bonds is 8. The van der Waals surface area contributed by atoms with E-state index in [9.17, 15) is 9.59 Å².